The van der Waals surface area contributed by atoms with Gasteiger partial charge < -0.3 is 19.5 Å². The molecule has 0 aliphatic carbocycles. The van der Waals surface area contributed by atoms with Crippen LogP contribution in [0.25, 0.3) is 0 Å². The summed E-state index contributed by atoms with van der Waals surface area (Å²) in [5, 5.41) is 2.67. The van der Waals surface area contributed by atoms with Crippen molar-refractivity contribution in [2.45, 2.75) is 6.92 Å². The molecule has 5 nitrogen and oxygen atoms in total. The fourth-order valence-corrected chi connectivity index (χ4v) is 1.38. The standard InChI is InChI=1S/C13H19NO4/c1-10-4-5-11(12(8-10)17-3)18-9-13(15)14-6-7-16-2/h4-5,8H,6-7,9H2,1-3H3,(H,14,15). The van der Waals surface area contributed by atoms with Crippen LogP contribution in [0, 0.1) is 6.92 Å². The molecule has 0 radical (unpaired) electrons. The fourth-order valence-electron chi connectivity index (χ4n) is 1.38. The second-order valence-corrected chi connectivity index (χ2v) is 3.79. The summed E-state index contributed by atoms with van der Waals surface area (Å²) in [6.45, 7) is 2.89. The minimum absolute atomic E-state index is 0.0386. The van der Waals surface area contributed by atoms with E-state index < -0.39 is 0 Å². The monoisotopic (exact) mass is 253 g/mol. The minimum Gasteiger partial charge on any atom is -0.493 e. The summed E-state index contributed by atoms with van der Waals surface area (Å²) in [5.41, 5.74) is 1.07. The highest BCUT2D eigenvalue weighted by atomic mass is 16.5. The number of ether oxygens (including phenoxy) is 3. The van der Waals surface area contributed by atoms with E-state index in [9.17, 15) is 4.79 Å². The third-order valence-electron chi connectivity index (χ3n) is 2.31. The molecule has 1 N–H and O–H groups in total. The summed E-state index contributed by atoms with van der Waals surface area (Å²) in [5.74, 6) is 0.999. The molecule has 0 atom stereocenters. The topological polar surface area (TPSA) is 56.8 Å². The number of methoxy groups -OCH3 is 2. The van der Waals surface area contributed by atoms with E-state index in [2.05, 4.69) is 5.32 Å². The Morgan fingerprint density at radius 1 is 1.28 bits per heavy atom. The lowest BCUT2D eigenvalue weighted by atomic mass is 10.2. The van der Waals surface area contributed by atoms with Crippen molar-refractivity contribution in [3.8, 4) is 11.5 Å². The van der Waals surface area contributed by atoms with E-state index in [1.54, 1.807) is 20.3 Å². The maximum atomic E-state index is 11.4. The van der Waals surface area contributed by atoms with Crippen LogP contribution in [-0.4, -0.2) is 39.9 Å². The Bertz CT molecular complexity index is 393. The molecule has 0 saturated carbocycles. The molecule has 0 spiro atoms. The van der Waals surface area contributed by atoms with Crippen LogP contribution in [-0.2, 0) is 9.53 Å². The zero-order chi connectivity index (χ0) is 13.4. The van der Waals surface area contributed by atoms with Crippen LogP contribution in [0.4, 0.5) is 0 Å². The van der Waals surface area contributed by atoms with Crippen molar-refractivity contribution in [2.24, 2.45) is 0 Å². The molecule has 5 heteroatoms. The van der Waals surface area contributed by atoms with Gasteiger partial charge in [-0.15, -0.1) is 0 Å². The van der Waals surface area contributed by atoms with Gasteiger partial charge in [-0.25, -0.2) is 0 Å². The average molecular weight is 253 g/mol. The molecule has 0 saturated heterocycles. The first kappa shape index (κ1) is 14.3. The zero-order valence-electron chi connectivity index (χ0n) is 11.0. The molecule has 0 aromatic heterocycles. The Balaban J connectivity index is 2.45. The van der Waals surface area contributed by atoms with Crippen LogP contribution in [0.1, 0.15) is 5.56 Å². The van der Waals surface area contributed by atoms with E-state index in [4.69, 9.17) is 14.2 Å². The Hall–Kier alpha value is -1.75. The summed E-state index contributed by atoms with van der Waals surface area (Å²) in [6, 6.07) is 5.55. The summed E-state index contributed by atoms with van der Waals surface area (Å²) in [6.07, 6.45) is 0. The van der Waals surface area contributed by atoms with Crippen molar-refractivity contribution in [3.05, 3.63) is 23.8 Å². The van der Waals surface area contributed by atoms with E-state index in [0.29, 0.717) is 24.7 Å². The van der Waals surface area contributed by atoms with Gasteiger partial charge in [-0.2, -0.15) is 0 Å². The Morgan fingerprint density at radius 3 is 2.72 bits per heavy atom. The maximum absolute atomic E-state index is 11.4. The van der Waals surface area contributed by atoms with Crippen molar-refractivity contribution >= 4 is 5.91 Å². The van der Waals surface area contributed by atoms with E-state index in [0.717, 1.165) is 5.56 Å². The molecule has 0 fully saturated rings. The highest BCUT2D eigenvalue weighted by molar-refractivity contribution is 5.77. The van der Waals surface area contributed by atoms with E-state index >= 15 is 0 Å². The van der Waals surface area contributed by atoms with Crippen LogP contribution in [0.3, 0.4) is 0 Å². The third-order valence-corrected chi connectivity index (χ3v) is 2.31. The fraction of sp³-hybridized carbons (Fsp3) is 0.462. The number of nitrogens with one attached hydrogen (secondary N) is 1. The number of hydrogen-bond acceptors (Lipinski definition) is 4. The lowest BCUT2D eigenvalue weighted by Gasteiger charge is -2.11. The first-order valence-corrected chi connectivity index (χ1v) is 5.70. The predicted octanol–water partition coefficient (Wildman–Crippen LogP) is 1.15. The van der Waals surface area contributed by atoms with Gasteiger partial charge in [-0.1, -0.05) is 6.07 Å². The minimum atomic E-state index is -0.185. The molecule has 18 heavy (non-hydrogen) atoms. The highest BCUT2D eigenvalue weighted by Crippen LogP contribution is 2.27. The number of aryl methyl sites for hydroxylation is 1. The Kier molecular flexibility index (Phi) is 6.00. The Labute approximate surface area is 107 Å². The number of amides is 1. The zero-order valence-corrected chi connectivity index (χ0v) is 11.0. The van der Waals surface area contributed by atoms with Gasteiger partial charge in [0.2, 0.25) is 0 Å². The SMILES string of the molecule is COCCNC(=O)COc1ccc(C)cc1OC. The van der Waals surface area contributed by atoms with Crippen molar-refractivity contribution in [2.75, 3.05) is 34.0 Å². The molecule has 1 aromatic carbocycles. The van der Waals surface area contributed by atoms with Gasteiger partial charge in [0, 0.05) is 13.7 Å². The van der Waals surface area contributed by atoms with Crippen molar-refractivity contribution in [3.63, 3.8) is 0 Å². The molecule has 0 unspecified atom stereocenters. The van der Waals surface area contributed by atoms with Gasteiger partial charge in [0.15, 0.2) is 18.1 Å². The van der Waals surface area contributed by atoms with Gasteiger partial charge in [-0.3, -0.25) is 4.79 Å². The van der Waals surface area contributed by atoms with Crippen LogP contribution in [0.2, 0.25) is 0 Å². The van der Waals surface area contributed by atoms with Crippen molar-refractivity contribution < 1.29 is 19.0 Å². The molecule has 1 amide bonds. The smallest absolute Gasteiger partial charge is 0.258 e. The predicted molar refractivity (Wildman–Crippen MR) is 68.1 cm³/mol. The summed E-state index contributed by atoms with van der Waals surface area (Å²) in [4.78, 5) is 11.4. The van der Waals surface area contributed by atoms with Crippen LogP contribution in [0.5, 0.6) is 11.5 Å². The van der Waals surface area contributed by atoms with Gasteiger partial charge >= 0.3 is 0 Å². The molecular formula is C13H19NO4. The lowest BCUT2D eigenvalue weighted by Crippen LogP contribution is -2.31. The van der Waals surface area contributed by atoms with Gasteiger partial charge in [-0.05, 0) is 24.6 Å². The van der Waals surface area contributed by atoms with Crippen molar-refractivity contribution in [1.82, 2.24) is 5.32 Å². The lowest BCUT2D eigenvalue weighted by molar-refractivity contribution is -0.123. The molecule has 0 bridgehead atoms. The molecule has 0 aliphatic heterocycles. The van der Waals surface area contributed by atoms with E-state index in [-0.39, 0.29) is 12.5 Å². The Morgan fingerprint density at radius 2 is 2.06 bits per heavy atom. The number of carbonyl (C=O) groups excluding carboxylic acids is 1. The van der Waals surface area contributed by atoms with Crippen LogP contribution in [0.15, 0.2) is 18.2 Å². The summed E-state index contributed by atoms with van der Waals surface area (Å²) in [7, 11) is 3.15. The van der Waals surface area contributed by atoms with Gasteiger partial charge in [0.05, 0.1) is 13.7 Å². The first-order valence-electron chi connectivity index (χ1n) is 5.70. The largest absolute Gasteiger partial charge is 0.493 e. The number of rotatable bonds is 7. The third kappa shape index (κ3) is 4.63. The highest BCUT2D eigenvalue weighted by Gasteiger charge is 2.07. The van der Waals surface area contributed by atoms with E-state index in [1.807, 2.05) is 19.1 Å². The van der Waals surface area contributed by atoms with Gasteiger partial charge in [0.1, 0.15) is 0 Å². The average Bonchev–Trinajstić information content (AvgIpc) is 2.37. The van der Waals surface area contributed by atoms with Gasteiger partial charge in [0.25, 0.3) is 5.91 Å². The quantitative estimate of drug-likeness (QED) is 0.740. The molecule has 1 aromatic rings. The molecule has 1 rings (SSSR count). The number of hydrogen-bond donors (Lipinski definition) is 1. The van der Waals surface area contributed by atoms with E-state index in [1.165, 1.54) is 0 Å². The number of benzene rings is 1. The normalized spacial score (nSPS) is 9.94. The molecule has 100 valence electrons. The summed E-state index contributed by atoms with van der Waals surface area (Å²) >= 11 is 0. The molecule has 0 aliphatic rings. The molecule has 0 heterocycles. The second-order valence-electron chi connectivity index (χ2n) is 3.79. The number of carbonyl (C=O) groups is 1. The van der Waals surface area contributed by atoms with Crippen LogP contribution < -0.4 is 14.8 Å². The summed E-state index contributed by atoms with van der Waals surface area (Å²) < 4.78 is 15.4. The second kappa shape index (κ2) is 7.55. The first-order chi connectivity index (χ1) is 8.67. The molecular weight excluding hydrogens is 234 g/mol. The van der Waals surface area contributed by atoms with Crippen LogP contribution >= 0.6 is 0 Å². The maximum Gasteiger partial charge on any atom is 0.258 e. The van der Waals surface area contributed by atoms with Crippen molar-refractivity contribution in [1.29, 1.82) is 0 Å².